The van der Waals surface area contributed by atoms with Gasteiger partial charge < -0.3 is 5.32 Å². The zero-order valence-electron chi connectivity index (χ0n) is 20.2. The summed E-state index contributed by atoms with van der Waals surface area (Å²) in [5.74, 6) is 0.779. The molecule has 1 aliphatic carbocycles. The van der Waals surface area contributed by atoms with Crippen molar-refractivity contribution in [3.63, 3.8) is 0 Å². The normalized spacial score (nSPS) is 20.0. The number of carbonyl (C=O) groups is 1. The van der Waals surface area contributed by atoms with Crippen molar-refractivity contribution in [1.29, 1.82) is 5.26 Å². The Kier molecular flexibility index (Phi) is 7.25. The zero-order valence-corrected chi connectivity index (χ0v) is 20.2. The van der Waals surface area contributed by atoms with Crippen molar-refractivity contribution in [2.45, 2.75) is 51.1 Å². The first kappa shape index (κ1) is 23.3. The predicted molar refractivity (Wildman–Crippen MR) is 140 cm³/mol. The summed E-state index contributed by atoms with van der Waals surface area (Å²) in [6.07, 6.45) is 6.74. The van der Waals surface area contributed by atoms with Crippen LogP contribution in [-0.2, 0) is 13.0 Å². The predicted octanol–water partition coefficient (Wildman–Crippen LogP) is 5.96. The van der Waals surface area contributed by atoms with Crippen LogP contribution in [0.3, 0.4) is 0 Å². The molecule has 178 valence electrons. The molecule has 4 nitrogen and oxygen atoms in total. The van der Waals surface area contributed by atoms with Crippen LogP contribution < -0.4 is 5.32 Å². The van der Waals surface area contributed by atoms with E-state index in [2.05, 4.69) is 40.6 Å². The summed E-state index contributed by atoms with van der Waals surface area (Å²) in [5, 5.41) is 12.4. The second-order valence-corrected chi connectivity index (χ2v) is 10.0. The molecule has 1 heterocycles. The smallest absolute Gasteiger partial charge is 0.252 e. The lowest BCUT2D eigenvalue weighted by Gasteiger charge is -2.33. The fourth-order valence-electron chi connectivity index (χ4n) is 5.65. The van der Waals surface area contributed by atoms with Crippen LogP contribution in [-0.4, -0.2) is 29.9 Å². The van der Waals surface area contributed by atoms with Crippen molar-refractivity contribution in [2.24, 2.45) is 5.92 Å². The number of hydrogen-bond donors (Lipinski definition) is 1. The average Bonchev–Trinajstić information content (AvgIpc) is 2.92. The Bertz CT molecular complexity index is 1210. The number of nitrogens with zero attached hydrogens (tertiary/aromatic N) is 2. The van der Waals surface area contributed by atoms with Gasteiger partial charge in [-0.05, 0) is 91.4 Å². The lowest BCUT2D eigenvalue weighted by atomic mass is 9.83. The van der Waals surface area contributed by atoms with Crippen LogP contribution in [0.4, 0.5) is 0 Å². The number of rotatable bonds is 6. The molecule has 35 heavy (non-hydrogen) atoms. The van der Waals surface area contributed by atoms with Gasteiger partial charge >= 0.3 is 0 Å². The molecule has 1 fully saturated rings. The van der Waals surface area contributed by atoms with Crippen LogP contribution in [0.25, 0.3) is 11.1 Å². The lowest BCUT2D eigenvalue weighted by molar-refractivity contribution is 0.0920. The Morgan fingerprint density at radius 3 is 2.51 bits per heavy atom. The van der Waals surface area contributed by atoms with Crippen LogP contribution in [0.5, 0.6) is 0 Å². The molecule has 0 spiro atoms. The van der Waals surface area contributed by atoms with Gasteiger partial charge in [0.1, 0.15) is 0 Å². The van der Waals surface area contributed by atoms with Crippen molar-refractivity contribution in [2.75, 3.05) is 13.1 Å². The standard InChI is InChI=1S/C31H33N3O/c32-21-24-10-13-27-22-34(19-17-26(27)20-24)18-16-23-11-14-28(15-12-23)33-31(35)30-9-5-4-8-29(30)25-6-2-1-3-7-25/h1-10,13,20,23,28H,11-12,14-19,22H2,(H,33,35). The largest absolute Gasteiger partial charge is 0.349 e. The molecule has 0 unspecified atom stereocenters. The summed E-state index contributed by atoms with van der Waals surface area (Å²) >= 11 is 0. The summed E-state index contributed by atoms with van der Waals surface area (Å²) in [5.41, 5.74) is 6.31. The van der Waals surface area contributed by atoms with Crippen molar-refractivity contribution in [3.05, 3.63) is 95.1 Å². The van der Waals surface area contributed by atoms with Gasteiger partial charge in [0.25, 0.3) is 5.91 Å². The molecule has 1 saturated carbocycles. The summed E-state index contributed by atoms with van der Waals surface area (Å²) < 4.78 is 0. The van der Waals surface area contributed by atoms with Gasteiger partial charge in [0.05, 0.1) is 11.6 Å². The van der Waals surface area contributed by atoms with Gasteiger partial charge in [-0.3, -0.25) is 9.69 Å². The van der Waals surface area contributed by atoms with E-state index in [0.717, 1.165) is 67.1 Å². The molecule has 1 aliphatic heterocycles. The highest BCUT2D eigenvalue weighted by molar-refractivity contribution is 6.01. The molecule has 0 bridgehead atoms. The van der Waals surface area contributed by atoms with Gasteiger partial charge in [-0.1, -0.05) is 54.6 Å². The SMILES string of the molecule is N#Cc1ccc2c(c1)CCN(CCC1CCC(NC(=O)c3ccccc3-c3ccccc3)CC1)C2. The summed E-state index contributed by atoms with van der Waals surface area (Å²) in [6, 6.07) is 26.7. The van der Waals surface area contributed by atoms with Crippen molar-refractivity contribution < 1.29 is 4.79 Å². The molecular weight excluding hydrogens is 430 g/mol. The maximum atomic E-state index is 13.1. The summed E-state index contributed by atoms with van der Waals surface area (Å²) in [7, 11) is 0. The maximum absolute atomic E-state index is 13.1. The van der Waals surface area contributed by atoms with Gasteiger partial charge in [0.2, 0.25) is 0 Å². The van der Waals surface area contributed by atoms with Gasteiger partial charge in [0, 0.05) is 24.7 Å². The van der Waals surface area contributed by atoms with E-state index in [9.17, 15) is 4.79 Å². The van der Waals surface area contributed by atoms with Crippen LogP contribution >= 0.6 is 0 Å². The van der Waals surface area contributed by atoms with E-state index < -0.39 is 0 Å². The number of fused-ring (bicyclic) bond motifs is 1. The molecule has 1 N–H and O–H groups in total. The topological polar surface area (TPSA) is 56.1 Å². The molecule has 0 atom stereocenters. The van der Waals surface area contributed by atoms with Crippen LogP contribution in [0.1, 0.15) is 59.2 Å². The number of nitriles is 1. The number of amides is 1. The van der Waals surface area contributed by atoms with E-state index in [1.54, 1.807) is 0 Å². The highest BCUT2D eigenvalue weighted by Gasteiger charge is 2.25. The van der Waals surface area contributed by atoms with Gasteiger partial charge in [-0.2, -0.15) is 5.26 Å². The third-order valence-electron chi connectivity index (χ3n) is 7.72. The molecule has 5 rings (SSSR count). The van der Waals surface area contributed by atoms with E-state index in [-0.39, 0.29) is 11.9 Å². The fraction of sp³-hybridized carbons (Fsp3) is 0.355. The molecule has 1 amide bonds. The number of hydrogen-bond acceptors (Lipinski definition) is 3. The molecule has 3 aromatic carbocycles. The molecule has 2 aliphatic rings. The van der Waals surface area contributed by atoms with Crippen molar-refractivity contribution >= 4 is 5.91 Å². The minimum absolute atomic E-state index is 0.0411. The Hall–Kier alpha value is -3.42. The monoisotopic (exact) mass is 463 g/mol. The minimum atomic E-state index is 0.0411. The Labute approximate surface area is 208 Å². The highest BCUT2D eigenvalue weighted by atomic mass is 16.1. The van der Waals surface area contributed by atoms with Gasteiger partial charge in [0.15, 0.2) is 0 Å². The van der Waals surface area contributed by atoms with Crippen LogP contribution in [0.15, 0.2) is 72.8 Å². The Balaban J connectivity index is 1.10. The molecule has 0 aromatic heterocycles. The van der Waals surface area contributed by atoms with E-state index in [1.807, 2.05) is 48.5 Å². The van der Waals surface area contributed by atoms with E-state index >= 15 is 0 Å². The Morgan fingerprint density at radius 2 is 1.71 bits per heavy atom. The maximum Gasteiger partial charge on any atom is 0.252 e. The van der Waals surface area contributed by atoms with E-state index in [0.29, 0.717) is 0 Å². The fourth-order valence-corrected chi connectivity index (χ4v) is 5.65. The van der Waals surface area contributed by atoms with Crippen molar-refractivity contribution in [3.8, 4) is 17.2 Å². The first-order valence-electron chi connectivity index (χ1n) is 12.9. The lowest BCUT2D eigenvalue weighted by Crippen LogP contribution is -2.38. The second-order valence-electron chi connectivity index (χ2n) is 10.0. The third-order valence-corrected chi connectivity index (χ3v) is 7.72. The molecular formula is C31H33N3O. The van der Waals surface area contributed by atoms with Crippen LogP contribution in [0.2, 0.25) is 0 Å². The first-order chi connectivity index (χ1) is 17.2. The Morgan fingerprint density at radius 1 is 0.943 bits per heavy atom. The zero-order chi connectivity index (χ0) is 24.0. The molecule has 0 radical (unpaired) electrons. The third kappa shape index (κ3) is 5.63. The molecule has 0 saturated heterocycles. The quantitative estimate of drug-likeness (QED) is 0.491. The summed E-state index contributed by atoms with van der Waals surface area (Å²) in [4.78, 5) is 15.7. The van der Waals surface area contributed by atoms with Crippen molar-refractivity contribution in [1.82, 2.24) is 10.2 Å². The van der Waals surface area contributed by atoms with E-state index in [4.69, 9.17) is 5.26 Å². The average molecular weight is 464 g/mol. The van der Waals surface area contributed by atoms with Crippen LogP contribution in [0, 0.1) is 17.2 Å². The summed E-state index contributed by atoms with van der Waals surface area (Å²) in [6.45, 7) is 3.20. The highest BCUT2D eigenvalue weighted by Crippen LogP contribution is 2.29. The van der Waals surface area contributed by atoms with Gasteiger partial charge in [-0.15, -0.1) is 0 Å². The number of carbonyl (C=O) groups excluding carboxylic acids is 1. The van der Waals surface area contributed by atoms with E-state index in [1.165, 1.54) is 30.4 Å². The van der Waals surface area contributed by atoms with Gasteiger partial charge in [-0.25, -0.2) is 0 Å². The first-order valence-corrected chi connectivity index (χ1v) is 12.9. The molecule has 4 heteroatoms. The second kappa shape index (κ2) is 10.9. The minimum Gasteiger partial charge on any atom is -0.349 e. The number of benzene rings is 3. The number of nitrogens with one attached hydrogen (secondary N) is 1. The molecule has 3 aromatic rings.